The van der Waals surface area contributed by atoms with Gasteiger partial charge in [-0.2, -0.15) is 0 Å². The van der Waals surface area contributed by atoms with Crippen molar-refractivity contribution in [2.75, 3.05) is 13.2 Å². The zero-order chi connectivity index (χ0) is 10.4. The average molecular weight is 200 g/mol. The summed E-state index contributed by atoms with van der Waals surface area (Å²) < 4.78 is 10.9. The minimum Gasteiger partial charge on any atom is -0.376 e. The Morgan fingerprint density at radius 1 is 1.43 bits per heavy atom. The van der Waals surface area contributed by atoms with Gasteiger partial charge in [0, 0.05) is 12.8 Å². The molecule has 1 aliphatic carbocycles. The predicted molar refractivity (Wildman–Crippen MR) is 54.3 cm³/mol. The van der Waals surface area contributed by atoms with Gasteiger partial charge < -0.3 is 9.47 Å². The Kier molecular flexibility index (Phi) is 5.12. The van der Waals surface area contributed by atoms with Crippen molar-refractivity contribution >= 4 is 5.78 Å². The fourth-order valence-corrected chi connectivity index (χ4v) is 1.63. The van der Waals surface area contributed by atoms with E-state index in [-0.39, 0.29) is 12.2 Å². The number of ketones is 1. The van der Waals surface area contributed by atoms with Gasteiger partial charge in [0.05, 0.1) is 25.4 Å². The molecule has 0 N–H and O–H groups in total. The SMILES string of the molecule is CC(C)OCCOC1CCCC(=O)C1. The van der Waals surface area contributed by atoms with Gasteiger partial charge in [-0.25, -0.2) is 0 Å². The van der Waals surface area contributed by atoms with Crippen LogP contribution in [0.5, 0.6) is 0 Å². The molecule has 0 radical (unpaired) electrons. The van der Waals surface area contributed by atoms with E-state index in [9.17, 15) is 4.79 Å². The summed E-state index contributed by atoms with van der Waals surface area (Å²) in [5.41, 5.74) is 0. The van der Waals surface area contributed by atoms with Crippen molar-refractivity contribution in [2.24, 2.45) is 0 Å². The van der Waals surface area contributed by atoms with E-state index < -0.39 is 0 Å². The molecular weight excluding hydrogens is 180 g/mol. The zero-order valence-corrected chi connectivity index (χ0v) is 9.12. The molecule has 0 aliphatic heterocycles. The van der Waals surface area contributed by atoms with Crippen LogP contribution in [0, 0.1) is 0 Å². The Morgan fingerprint density at radius 3 is 2.86 bits per heavy atom. The van der Waals surface area contributed by atoms with Crippen LogP contribution < -0.4 is 0 Å². The first kappa shape index (κ1) is 11.7. The van der Waals surface area contributed by atoms with Crippen molar-refractivity contribution in [1.29, 1.82) is 0 Å². The Balaban J connectivity index is 2.03. The summed E-state index contributed by atoms with van der Waals surface area (Å²) in [6, 6.07) is 0. The molecule has 3 nitrogen and oxygen atoms in total. The number of carbonyl (C=O) groups is 1. The lowest BCUT2D eigenvalue weighted by atomic mass is 9.96. The molecule has 0 spiro atoms. The summed E-state index contributed by atoms with van der Waals surface area (Å²) in [7, 11) is 0. The highest BCUT2D eigenvalue weighted by Crippen LogP contribution is 2.17. The monoisotopic (exact) mass is 200 g/mol. The van der Waals surface area contributed by atoms with E-state index in [1.54, 1.807) is 0 Å². The van der Waals surface area contributed by atoms with E-state index in [0.717, 1.165) is 19.3 Å². The fraction of sp³-hybridized carbons (Fsp3) is 0.909. The number of Topliss-reactive ketones (excluding diaryl/α,β-unsaturated/α-hetero) is 1. The molecule has 0 aromatic rings. The molecule has 82 valence electrons. The van der Waals surface area contributed by atoms with Crippen LogP contribution in [0.4, 0.5) is 0 Å². The van der Waals surface area contributed by atoms with Crippen LogP contribution in [0.2, 0.25) is 0 Å². The standard InChI is InChI=1S/C11H20O3/c1-9(2)13-6-7-14-11-5-3-4-10(12)8-11/h9,11H,3-8H2,1-2H3. The third kappa shape index (κ3) is 4.72. The minimum atomic E-state index is 0.145. The molecular formula is C11H20O3. The van der Waals surface area contributed by atoms with Gasteiger partial charge in [0.1, 0.15) is 5.78 Å². The van der Waals surface area contributed by atoms with Crippen LogP contribution in [0.25, 0.3) is 0 Å². The lowest BCUT2D eigenvalue weighted by Crippen LogP contribution is -2.24. The average Bonchev–Trinajstić information content (AvgIpc) is 2.12. The van der Waals surface area contributed by atoms with Crippen LogP contribution in [0.1, 0.15) is 39.5 Å². The van der Waals surface area contributed by atoms with Crippen molar-refractivity contribution < 1.29 is 14.3 Å². The lowest BCUT2D eigenvalue weighted by molar-refractivity contribution is -0.125. The van der Waals surface area contributed by atoms with Gasteiger partial charge in [-0.15, -0.1) is 0 Å². The van der Waals surface area contributed by atoms with Gasteiger partial charge in [0.15, 0.2) is 0 Å². The van der Waals surface area contributed by atoms with Crippen molar-refractivity contribution in [3.8, 4) is 0 Å². The van der Waals surface area contributed by atoms with Gasteiger partial charge in [0.25, 0.3) is 0 Å². The quantitative estimate of drug-likeness (QED) is 0.636. The maximum atomic E-state index is 11.1. The molecule has 1 atom stereocenters. The van der Waals surface area contributed by atoms with Crippen LogP contribution in [0.15, 0.2) is 0 Å². The van der Waals surface area contributed by atoms with Crippen molar-refractivity contribution in [2.45, 2.75) is 51.7 Å². The third-order valence-electron chi connectivity index (χ3n) is 2.33. The summed E-state index contributed by atoms with van der Waals surface area (Å²) in [4.78, 5) is 11.1. The highest BCUT2D eigenvalue weighted by atomic mass is 16.5. The number of ether oxygens (including phenoxy) is 2. The van der Waals surface area contributed by atoms with E-state index >= 15 is 0 Å². The van der Waals surface area contributed by atoms with Crippen LogP contribution >= 0.6 is 0 Å². The second-order valence-electron chi connectivity index (χ2n) is 4.05. The Hall–Kier alpha value is -0.410. The van der Waals surface area contributed by atoms with Crippen molar-refractivity contribution in [3.63, 3.8) is 0 Å². The summed E-state index contributed by atoms with van der Waals surface area (Å²) >= 11 is 0. The van der Waals surface area contributed by atoms with Gasteiger partial charge >= 0.3 is 0 Å². The fourth-order valence-electron chi connectivity index (χ4n) is 1.63. The molecule has 1 aliphatic rings. The summed E-state index contributed by atoms with van der Waals surface area (Å²) in [6.45, 7) is 5.24. The lowest BCUT2D eigenvalue weighted by Gasteiger charge is -2.21. The first-order valence-corrected chi connectivity index (χ1v) is 5.43. The first-order chi connectivity index (χ1) is 6.68. The highest BCUT2D eigenvalue weighted by Gasteiger charge is 2.19. The topological polar surface area (TPSA) is 35.5 Å². The van der Waals surface area contributed by atoms with Gasteiger partial charge in [-0.1, -0.05) is 0 Å². The second kappa shape index (κ2) is 6.14. The van der Waals surface area contributed by atoms with E-state index in [4.69, 9.17) is 9.47 Å². The molecule has 0 aromatic heterocycles. The number of rotatable bonds is 5. The predicted octanol–water partition coefficient (Wildman–Crippen LogP) is 1.94. The van der Waals surface area contributed by atoms with Gasteiger partial charge in [0.2, 0.25) is 0 Å². The molecule has 0 aromatic carbocycles. The molecule has 1 unspecified atom stereocenters. The minimum absolute atomic E-state index is 0.145. The first-order valence-electron chi connectivity index (χ1n) is 5.43. The second-order valence-corrected chi connectivity index (χ2v) is 4.05. The smallest absolute Gasteiger partial charge is 0.135 e. The molecule has 1 saturated carbocycles. The van der Waals surface area contributed by atoms with Gasteiger partial charge in [-0.3, -0.25) is 4.79 Å². The van der Waals surface area contributed by atoms with Crippen LogP contribution in [-0.2, 0) is 14.3 Å². The molecule has 0 heterocycles. The maximum Gasteiger partial charge on any atom is 0.135 e. The number of hydrogen-bond donors (Lipinski definition) is 0. The third-order valence-corrected chi connectivity index (χ3v) is 2.33. The molecule has 0 bridgehead atoms. The Morgan fingerprint density at radius 2 is 2.21 bits per heavy atom. The Labute approximate surface area is 85.8 Å². The van der Waals surface area contributed by atoms with Crippen LogP contribution in [0.3, 0.4) is 0 Å². The molecule has 3 heteroatoms. The van der Waals surface area contributed by atoms with Crippen molar-refractivity contribution in [3.05, 3.63) is 0 Å². The maximum absolute atomic E-state index is 11.1. The summed E-state index contributed by atoms with van der Waals surface area (Å²) in [5, 5.41) is 0. The largest absolute Gasteiger partial charge is 0.376 e. The van der Waals surface area contributed by atoms with E-state index in [0.29, 0.717) is 25.4 Å². The molecule has 1 fully saturated rings. The zero-order valence-electron chi connectivity index (χ0n) is 9.12. The molecule has 0 amide bonds. The van der Waals surface area contributed by atoms with E-state index in [1.807, 2.05) is 13.8 Å². The van der Waals surface area contributed by atoms with E-state index in [2.05, 4.69) is 0 Å². The summed E-state index contributed by atoms with van der Waals surface area (Å²) in [6.07, 6.45) is 3.74. The van der Waals surface area contributed by atoms with Crippen LogP contribution in [-0.4, -0.2) is 31.2 Å². The highest BCUT2D eigenvalue weighted by molar-refractivity contribution is 5.79. The molecule has 0 saturated heterocycles. The Bertz CT molecular complexity index is 177. The van der Waals surface area contributed by atoms with Gasteiger partial charge in [-0.05, 0) is 26.7 Å². The normalized spacial score (nSPS) is 23.1. The van der Waals surface area contributed by atoms with E-state index in [1.165, 1.54) is 0 Å². The number of hydrogen-bond acceptors (Lipinski definition) is 3. The molecule has 1 rings (SSSR count). The van der Waals surface area contributed by atoms with Crippen molar-refractivity contribution in [1.82, 2.24) is 0 Å². The summed E-state index contributed by atoms with van der Waals surface area (Å²) in [5.74, 6) is 0.339. The number of carbonyl (C=O) groups excluding carboxylic acids is 1. The molecule has 14 heavy (non-hydrogen) atoms.